The third-order valence-electron chi connectivity index (χ3n) is 3.06. The number of aliphatic hydroxyl groups excluding tert-OH is 1. The van der Waals surface area contributed by atoms with E-state index in [1.54, 1.807) is 42.5 Å². The van der Waals surface area contributed by atoms with E-state index in [0.717, 1.165) is 0 Å². The molecule has 0 fully saturated rings. The van der Waals surface area contributed by atoms with Gasteiger partial charge in [0, 0.05) is 21.9 Å². The van der Waals surface area contributed by atoms with Crippen molar-refractivity contribution in [2.75, 3.05) is 0 Å². The highest BCUT2D eigenvalue weighted by molar-refractivity contribution is 6.13. The Morgan fingerprint density at radius 1 is 0.882 bits per heavy atom. The highest BCUT2D eigenvalue weighted by atomic mass is 16.3. The summed E-state index contributed by atoms with van der Waals surface area (Å²) in [5.74, 6) is 0.0831. The quantitative estimate of drug-likeness (QED) is 0.730. The van der Waals surface area contributed by atoms with Crippen LogP contribution in [0.2, 0.25) is 0 Å². The first-order valence-corrected chi connectivity index (χ1v) is 5.35. The fourth-order valence-electron chi connectivity index (χ4n) is 2.24. The van der Waals surface area contributed by atoms with Crippen LogP contribution in [0, 0.1) is 0 Å². The van der Waals surface area contributed by atoms with E-state index in [1.165, 1.54) is 0 Å². The van der Waals surface area contributed by atoms with Gasteiger partial charge in [0.1, 0.15) is 5.76 Å². The van der Waals surface area contributed by atoms with Gasteiger partial charge in [-0.3, -0.25) is 4.79 Å². The Balaban J connectivity index is 2.58. The molecule has 0 atom stereocenters. The maximum Gasteiger partial charge on any atom is 0.194 e. The van der Waals surface area contributed by atoms with Crippen LogP contribution in [0.25, 0.3) is 12.3 Å². The van der Waals surface area contributed by atoms with Gasteiger partial charge in [-0.1, -0.05) is 49.0 Å². The van der Waals surface area contributed by atoms with Gasteiger partial charge in [-0.15, -0.1) is 0 Å². The number of fused-ring (bicyclic) bond motifs is 2. The predicted octanol–water partition coefficient (Wildman–Crippen LogP) is 1.36. The zero-order chi connectivity index (χ0) is 12.0. The lowest BCUT2D eigenvalue weighted by atomic mass is 9.89. The minimum absolute atomic E-state index is 0.0566. The molecule has 3 rings (SSSR count). The van der Waals surface area contributed by atoms with Crippen LogP contribution in [0.4, 0.5) is 0 Å². The first-order chi connectivity index (χ1) is 8.20. The first-order valence-electron chi connectivity index (χ1n) is 5.35. The second-order valence-electron chi connectivity index (χ2n) is 4.06. The fourth-order valence-corrected chi connectivity index (χ4v) is 2.24. The van der Waals surface area contributed by atoms with E-state index in [9.17, 15) is 9.90 Å². The molecule has 0 saturated carbocycles. The summed E-state index contributed by atoms with van der Waals surface area (Å²) < 4.78 is 0. The molecule has 0 radical (unpaired) electrons. The van der Waals surface area contributed by atoms with Crippen LogP contribution in [0.5, 0.6) is 0 Å². The van der Waals surface area contributed by atoms with Crippen molar-refractivity contribution < 1.29 is 9.90 Å². The van der Waals surface area contributed by atoms with Gasteiger partial charge in [0.2, 0.25) is 0 Å². The van der Waals surface area contributed by atoms with Crippen molar-refractivity contribution in [2.45, 2.75) is 0 Å². The van der Waals surface area contributed by atoms with Crippen LogP contribution in [0.15, 0.2) is 42.5 Å². The molecular formula is C15H10O2. The Kier molecular flexibility index (Phi) is 1.92. The molecule has 1 N–H and O–H groups in total. The van der Waals surface area contributed by atoms with E-state index in [0.29, 0.717) is 27.1 Å². The number of carbonyl (C=O) groups excluding carboxylic acids is 1. The number of aliphatic hydroxyl groups is 1. The zero-order valence-electron chi connectivity index (χ0n) is 9.10. The van der Waals surface area contributed by atoms with Gasteiger partial charge in [0.05, 0.1) is 0 Å². The van der Waals surface area contributed by atoms with Crippen molar-refractivity contribution in [1.82, 2.24) is 0 Å². The van der Waals surface area contributed by atoms with Gasteiger partial charge in [0.15, 0.2) is 5.78 Å². The molecule has 0 heterocycles. The summed E-state index contributed by atoms with van der Waals surface area (Å²) in [6, 6.07) is 12.4. The molecule has 82 valence electrons. The van der Waals surface area contributed by atoms with Crippen LogP contribution in [-0.2, 0) is 0 Å². The molecule has 2 nitrogen and oxygen atoms in total. The van der Waals surface area contributed by atoms with E-state index < -0.39 is 0 Å². The van der Waals surface area contributed by atoms with Gasteiger partial charge in [0.25, 0.3) is 0 Å². The summed E-state index contributed by atoms with van der Waals surface area (Å²) in [5.41, 5.74) is 1.65. The van der Waals surface area contributed by atoms with Gasteiger partial charge >= 0.3 is 0 Å². The fraction of sp³-hybridized carbons (Fsp3) is 0. The van der Waals surface area contributed by atoms with Crippen molar-refractivity contribution in [3.63, 3.8) is 0 Å². The monoisotopic (exact) mass is 222 g/mol. The molecule has 1 aliphatic carbocycles. The molecule has 2 aromatic carbocycles. The Hall–Kier alpha value is -2.35. The van der Waals surface area contributed by atoms with Crippen molar-refractivity contribution in [3.05, 3.63) is 69.6 Å². The van der Waals surface area contributed by atoms with Gasteiger partial charge in [-0.2, -0.15) is 0 Å². The number of ketones is 1. The van der Waals surface area contributed by atoms with Crippen molar-refractivity contribution in [2.24, 2.45) is 0 Å². The average Bonchev–Trinajstić information content (AvgIpc) is 2.36. The molecule has 17 heavy (non-hydrogen) atoms. The van der Waals surface area contributed by atoms with E-state index in [2.05, 4.69) is 6.58 Å². The summed E-state index contributed by atoms with van der Waals surface area (Å²) >= 11 is 0. The molecular weight excluding hydrogens is 212 g/mol. The van der Waals surface area contributed by atoms with Crippen LogP contribution >= 0.6 is 0 Å². The number of benzene rings is 2. The minimum atomic E-state index is -0.0566. The average molecular weight is 222 g/mol. The normalized spacial score (nSPS) is 13.2. The molecule has 2 heteroatoms. The molecule has 0 saturated heterocycles. The lowest BCUT2D eigenvalue weighted by Gasteiger charge is -2.15. The topological polar surface area (TPSA) is 37.3 Å². The molecule has 1 aliphatic rings. The number of hydrogen-bond donors (Lipinski definition) is 1. The predicted molar refractivity (Wildman–Crippen MR) is 66.2 cm³/mol. The van der Waals surface area contributed by atoms with E-state index >= 15 is 0 Å². The van der Waals surface area contributed by atoms with E-state index in [4.69, 9.17) is 0 Å². The van der Waals surface area contributed by atoms with Crippen LogP contribution in [-0.4, -0.2) is 10.9 Å². The third-order valence-corrected chi connectivity index (χ3v) is 3.06. The standard InChI is InChI=1S/C15H10O2/c1-9-5-4-8-12-13(9)15(17)11-7-3-2-6-10(11)14(12)16/h2-8,17H,1H2. The molecule has 0 spiro atoms. The number of rotatable bonds is 0. The molecule has 0 aliphatic heterocycles. The maximum absolute atomic E-state index is 12.3. The summed E-state index contributed by atoms with van der Waals surface area (Å²) in [5, 5.41) is 11.5. The van der Waals surface area contributed by atoms with Gasteiger partial charge in [-0.05, 0) is 5.22 Å². The smallest absolute Gasteiger partial charge is 0.194 e. The van der Waals surface area contributed by atoms with Gasteiger partial charge < -0.3 is 5.11 Å². The summed E-state index contributed by atoms with van der Waals surface area (Å²) in [7, 11) is 0. The maximum atomic E-state index is 12.3. The van der Waals surface area contributed by atoms with Crippen LogP contribution in [0.1, 0.15) is 21.5 Å². The second kappa shape index (κ2) is 3.32. The Bertz CT molecular complexity index is 742. The minimum Gasteiger partial charge on any atom is -0.507 e. The van der Waals surface area contributed by atoms with Crippen molar-refractivity contribution >= 4 is 18.1 Å². The molecule has 2 aromatic rings. The first kappa shape index (κ1) is 9.85. The second-order valence-corrected chi connectivity index (χ2v) is 4.06. The Morgan fingerprint density at radius 2 is 1.53 bits per heavy atom. The third kappa shape index (κ3) is 1.24. The summed E-state index contributed by atoms with van der Waals surface area (Å²) in [4.78, 5) is 12.3. The summed E-state index contributed by atoms with van der Waals surface area (Å²) in [6.07, 6.45) is 0. The van der Waals surface area contributed by atoms with Gasteiger partial charge in [-0.25, -0.2) is 0 Å². The van der Waals surface area contributed by atoms with E-state index in [1.807, 2.05) is 0 Å². The molecule has 0 bridgehead atoms. The van der Waals surface area contributed by atoms with Crippen LogP contribution < -0.4 is 10.4 Å². The van der Waals surface area contributed by atoms with E-state index in [-0.39, 0.29) is 11.5 Å². The molecule has 0 amide bonds. The summed E-state index contributed by atoms with van der Waals surface area (Å²) in [6.45, 7) is 3.86. The lowest BCUT2D eigenvalue weighted by molar-refractivity contribution is 0.103. The number of carbonyl (C=O) groups is 1. The van der Waals surface area contributed by atoms with Crippen molar-refractivity contribution in [1.29, 1.82) is 0 Å². The highest BCUT2D eigenvalue weighted by Gasteiger charge is 2.23. The van der Waals surface area contributed by atoms with Crippen LogP contribution in [0.3, 0.4) is 0 Å². The Morgan fingerprint density at radius 3 is 2.29 bits per heavy atom. The number of hydrogen-bond acceptors (Lipinski definition) is 2. The largest absolute Gasteiger partial charge is 0.507 e. The SMILES string of the molecule is C=c1cccc2c1=C(O)c1ccccc1C2=O. The van der Waals surface area contributed by atoms with Crippen molar-refractivity contribution in [3.8, 4) is 0 Å². The highest BCUT2D eigenvalue weighted by Crippen LogP contribution is 2.21. The molecule has 0 unspecified atom stereocenters. The lowest BCUT2D eigenvalue weighted by Crippen LogP contribution is -2.35. The zero-order valence-corrected chi connectivity index (χ0v) is 9.10. The molecule has 0 aromatic heterocycles. The Labute approximate surface area is 98.2 Å².